The summed E-state index contributed by atoms with van der Waals surface area (Å²) in [6, 6.07) is 14.6. The van der Waals surface area contributed by atoms with Gasteiger partial charge in [0.1, 0.15) is 5.92 Å². The van der Waals surface area contributed by atoms with Gasteiger partial charge in [-0.05, 0) is 50.6 Å². The maximum absolute atomic E-state index is 13.1. The molecular formula is C21H21ClN2O3. The SMILES string of the molecule is Cc1ccc([C@@H]2[C@H]3C(=O)N(C(C)C)C(=O)[C@H]3ON2c2ccc(Cl)cc2)cc1. The summed E-state index contributed by atoms with van der Waals surface area (Å²) in [4.78, 5) is 33.3. The highest BCUT2D eigenvalue weighted by Gasteiger charge is 2.60. The monoisotopic (exact) mass is 384 g/mol. The molecule has 2 aromatic carbocycles. The Kier molecular flexibility index (Phi) is 4.44. The average Bonchev–Trinajstić information content (AvgIpc) is 3.13. The number of fused-ring (bicyclic) bond motifs is 1. The number of anilines is 1. The number of aryl methyl sites for hydroxylation is 1. The molecule has 2 aromatic rings. The predicted octanol–water partition coefficient (Wildman–Crippen LogP) is 3.90. The molecule has 27 heavy (non-hydrogen) atoms. The Hall–Kier alpha value is -2.37. The average molecular weight is 385 g/mol. The van der Waals surface area contributed by atoms with E-state index in [0.29, 0.717) is 5.02 Å². The van der Waals surface area contributed by atoms with Crippen molar-refractivity contribution < 1.29 is 14.4 Å². The summed E-state index contributed by atoms with van der Waals surface area (Å²) in [6.07, 6.45) is -0.804. The minimum atomic E-state index is -0.804. The maximum Gasteiger partial charge on any atom is 0.262 e. The Labute approximate surface area is 163 Å². The molecule has 140 valence electrons. The van der Waals surface area contributed by atoms with Gasteiger partial charge in [0.15, 0.2) is 6.10 Å². The lowest BCUT2D eigenvalue weighted by molar-refractivity contribution is -0.145. The summed E-state index contributed by atoms with van der Waals surface area (Å²) in [7, 11) is 0. The molecule has 0 aromatic heterocycles. The zero-order chi connectivity index (χ0) is 19.3. The molecule has 6 heteroatoms. The molecule has 0 unspecified atom stereocenters. The van der Waals surface area contributed by atoms with Crippen LogP contribution in [0.5, 0.6) is 0 Å². The summed E-state index contributed by atoms with van der Waals surface area (Å²) >= 11 is 6.01. The Morgan fingerprint density at radius 1 is 0.963 bits per heavy atom. The summed E-state index contributed by atoms with van der Waals surface area (Å²) < 4.78 is 0. The Morgan fingerprint density at radius 3 is 2.19 bits per heavy atom. The number of hydrogen-bond donors (Lipinski definition) is 0. The molecule has 2 heterocycles. The van der Waals surface area contributed by atoms with E-state index in [1.54, 1.807) is 17.2 Å². The highest BCUT2D eigenvalue weighted by molar-refractivity contribution is 6.30. The number of hydroxylamine groups is 1. The van der Waals surface area contributed by atoms with Crippen molar-refractivity contribution in [2.24, 2.45) is 5.92 Å². The third-order valence-corrected chi connectivity index (χ3v) is 5.42. The topological polar surface area (TPSA) is 49.9 Å². The number of nitrogens with zero attached hydrogens (tertiary/aromatic N) is 2. The van der Waals surface area contributed by atoms with E-state index in [1.807, 2.05) is 57.2 Å². The first-order chi connectivity index (χ1) is 12.9. The zero-order valence-corrected chi connectivity index (χ0v) is 16.2. The van der Waals surface area contributed by atoms with E-state index in [-0.39, 0.29) is 23.9 Å². The summed E-state index contributed by atoms with van der Waals surface area (Å²) in [5.41, 5.74) is 2.83. The van der Waals surface area contributed by atoms with Crippen LogP contribution in [0.4, 0.5) is 5.69 Å². The van der Waals surface area contributed by atoms with Gasteiger partial charge < -0.3 is 0 Å². The van der Waals surface area contributed by atoms with Gasteiger partial charge in [-0.15, -0.1) is 0 Å². The van der Waals surface area contributed by atoms with Crippen LogP contribution >= 0.6 is 11.6 Å². The van der Waals surface area contributed by atoms with Crippen molar-refractivity contribution in [1.82, 2.24) is 4.90 Å². The van der Waals surface area contributed by atoms with Gasteiger partial charge in [0.25, 0.3) is 5.91 Å². The van der Waals surface area contributed by atoms with Crippen molar-refractivity contribution in [3.8, 4) is 0 Å². The zero-order valence-electron chi connectivity index (χ0n) is 15.4. The Bertz CT molecular complexity index is 879. The van der Waals surface area contributed by atoms with Crippen LogP contribution in [0, 0.1) is 12.8 Å². The van der Waals surface area contributed by atoms with Crippen LogP contribution in [0.2, 0.25) is 5.02 Å². The van der Waals surface area contributed by atoms with E-state index < -0.39 is 12.0 Å². The van der Waals surface area contributed by atoms with E-state index in [2.05, 4.69) is 0 Å². The van der Waals surface area contributed by atoms with Crippen molar-refractivity contribution in [2.45, 2.75) is 39.0 Å². The quantitative estimate of drug-likeness (QED) is 0.753. The summed E-state index contributed by atoms with van der Waals surface area (Å²) in [5.74, 6) is -1.02. The van der Waals surface area contributed by atoms with Gasteiger partial charge in [0.05, 0.1) is 11.7 Å². The Morgan fingerprint density at radius 2 is 1.59 bits per heavy atom. The third-order valence-electron chi connectivity index (χ3n) is 5.17. The molecule has 0 aliphatic carbocycles. The lowest BCUT2D eigenvalue weighted by atomic mass is 9.90. The number of likely N-dealkylation sites (tertiary alicyclic amines) is 1. The normalized spacial score (nSPS) is 24.9. The molecule has 3 atom stereocenters. The molecule has 2 saturated heterocycles. The molecule has 0 radical (unpaired) electrons. The molecule has 5 nitrogen and oxygen atoms in total. The minimum absolute atomic E-state index is 0.179. The summed E-state index contributed by atoms with van der Waals surface area (Å²) in [6.45, 7) is 5.70. The second-order valence-electron chi connectivity index (χ2n) is 7.35. The molecule has 2 aliphatic rings. The molecule has 0 bridgehead atoms. The third kappa shape index (κ3) is 2.91. The van der Waals surface area contributed by atoms with Crippen LogP contribution in [0.1, 0.15) is 31.0 Å². The number of benzene rings is 2. The smallest absolute Gasteiger partial charge is 0.262 e. The molecule has 2 aliphatic heterocycles. The van der Waals surface area contributed by atoms with Crippen molar-refractivity contribution >= 4 is 29.1 Å². The first kappa shape index (κ1) is 18.0. The number of carbonyl (C=O) groups excluding carboxylic acids is 2. The van der Waals surface area contributed by atoms with Crippen molar-refractivity contribution in [3.05, 3.63) is 64.7 Å². The van der Waals surface area contributed by atoms with Gasteiger partial charge in [0.2, 0.25) is 5.91 Å². The fourth-order valence-corrected chi connectivity index (χ4v) is 3.99. The van der Waals surface area contributed by atoms with Crippen LogP contribution in [0.3, 0.4) is 0 Å². The molecule has 0 spiro atoms. The molecule has 4 rings (SSSR count). The predicted molar refractivity (Wildman–Crippen MR) is 103 cm³/mol. The molecule has 0 N–H and O–H groups in total. The van der Waals surface area contributed by atoms with Crippen LogP contribution in [-0.2, 0) is 14.4 Å². The highest BCUT2D eigenvalue weighted by atomic mass is 35.5. The fourth-order valence-electron chi connectivity index (χ4n) is 3.86. The maximum atomic E-state index is 13.1. The number of amides is 2. The van der Waals surface area contributed by atoms with Gasteiger partial charge in [0, 0.05) is 11.1 Å². The number of imide groups is 1. The van der Waals surface area contributed by atoms with E-state index >= 15 is 0 Å². The second-order valence-corrected chi connectivity index (χ2v) is 7.79. The van der Waals surface area contributed by atoms with Gasteiger partial charge in [-0.1, -0.05) is 41.4 Å². The van der Waals surface area contributed by atoms with Crippen LogP contribution in [0.25, 0.3) is 0 Å². The van der Waals surface area contributed by atoms with Gasteiger partial charge in [-0.2, -0.15) is 0 Å². The van der Waals surface area contributed by atoms with Gasteiger partial charge in [-0.25, -0.2) is 5.06 Å². The van der Waals surface area contributed by atoms with Gasteiger partial charge >= 0.3 is 0 Å². The van der Waals surface area contributed by atoms with Crippen molar-refractivity contribution in [1.29, 1.82) is 0 Å². The minimum Gasteiger partial charge on any atom is -0.277 e. The van der Waals surface area contributed by atoms with Crippen LogP contribution in [0.15, 0.2) is 48.5 Å². The lowest BCUT2D eigenvalue weighted by Gasteiger charge is -2.29. The summed E-state index contributed by atoms with van der Waals surface area (Å²) in [5, 5.41) is 2.30. The number of rotatable bonds is 3. The number of carbonyl (C=O) groups is 2. The van der Waals surface area contributed by atoms with Gasteiger partial charge in [-0.3, -0.25) is 19.3 Å². The van der Waals surface area contributed by atoms with E-state index in [4.69, 9.17) is 16.4 Å². The molecule has 0 saturated carbocycles. The van der Waals surface area contributed by atoms with Crippen LogP contribution < -0.4 is 5.06 Å². The fraction of sp³-hybridized carbons (Fsp3) is 0.333. The lowest BCUT2D eigenvalue weighted by Crippen LogP contribution is -2.41. The number of halogens is 1. The highest BCUT2D eigenvalue weighted by Crippen LogP contribution is 2.47. The largest absolute Gasteiger partial charge is 0.277 e. The molecule has 2 fully saturated rings. The standard InChI is InChI=1S/C21H21ClN2O3/c1-12(2)23-20(25)17-18(14-6-4-13(3)5-7-14)24(27-19(17)21(23)26)16-10-8-15(22)9-11-16/h4-12,17-19H,1-3H3/t17-,18-,19+/m1/s1. The molecule has 2 amide bonds. The first-order valence-corrected chi connectivity index (χ1v) is 9.41. The Balaban J connectivity index is 1.79. The van der Waals surface area contributed by atoms with Crippen molar-refractivity contribution in [3.63, 3.8) is 0 Å². The van der Waals surface area contributed by atoms with Crippen LogP contribution in [-0.4, -0.2) is 28.9 Å². The second kappa shape index (κ2) is 6.66. The van der Waals surface area contributed by atoms with E-state index in [1.165, 1.54) is 4.90 Å². The molecular weight excluding hydrogens is 364 g/mol. The van der Waals surface area contributed by atoms with E-state index in [0.717, 1.165) is 16.8 Å². The number of hydrogen-bond acceptors (Lipinski definition) is 4. The van der Waals surface area contributed by atoms with E-state index in [9.17, 15) is 9.59 Å². The first-order valence-electron chi connectivity index (χ1n) is 9.03. The van der Waals surface area contributed by atoms with Crippen molar-refractivity contribution in [2.75, 3.05) is 5.06 Å².